The van der Waals surface area contributed by atoms with Crippen molar-refractivity contribution < 1.29 is 0 Å². The van der Waals surface area contributed by atoms with Crippen LogP contribution in [0.15, 0.2) is 9.47 Å². The van der Waals surface area contributed by atoms with E-state index >= 15 is 0 Å². The third-order valence-electron chi connectivity index (χ3n) is 2.26. The lowest BCUT2D eigenvalue weighted by atomic mass is 9.99. The number of nitrogens with one attached hydrogen (secondary N) is 1. The van der Waals surface area contributed by atoms with Crippen LogP contribution >= 0.6 is 31.9 Å². The predicted octanol–water partition coefficient (Wildman–Crippen LogP) is 1.86. The van der Waals surface area contributed by atoms with Crippen LogP contribution in [0.5, 0.6) is 0 Å². The van der Waals surface area contributed by atoms with Gasteiger partial charge in [-0.1, -0.05) is 0 Å². The Bertz CT molecular complexity index is 305. The Morgan fingerprint density at radius 1 is 1.14 bits per heavy atom. The lowest BCUT2D eigenvalue weighted by Gasteiger charge is -2.21. The molecule has 4 nitrogen and oxygen atoms in total. The first-order valence-corrected chi connectivity index (χ1v) is 6.12. The molecule has 0 aliphatic carbocycles. The zero-order valence-electron chi connectivity index (χ0n) is 7.50. The van der Waals surface area contributed by atoms with Crippen molar-refractivity contribution in [1.29, 1.82) is 0 Å². The second-order valence-electron chi connectivity index (χ2n) is 3.27. The van der Waals surface area contributed by atoms with Crippen LogP contribution in [0.25, 0.3) is 0 Å². The van der Waals surface area contributed by atoms with Gasteiger partial charge in [0, 0.05) is 12.5 Å². The molecule has 1 fully saturated rings. The van der Waals surface area contributed by atoms with Gasteiger partial charge in [0.15, 0.2) is 0 Å². The minimum absolute atomic E-state index is 0.416. The van der Waals surface area contributed by atoms with Crippen molar-refractivity contribution in [3.05, 3.63) is 15.3 Å². The normalized spacial score (nSPS) is 22.3. The van der Waals surface area contributed by atoms with Crippen molar-refractivity contribution >= 4 is 31.9 Å². The molecule has 1 atom stereocenters. The molecule has 6 heteroatoms. The summed E-state index contributed by atoms with van der Waals surface area (Å²) in [6.07, 6.45) is 2.33. The third-order valence-corrected chi connectivity index (χ3v) is 2.97. The van der Waals surface area contributed by atoms with Crippen LogP contribution in [0, 0.1) is 0 Å². The standard InChI is InChI=1S/C8H10Br2N4/c9-7-12-6(13-8(10)14-7)5-2-1-3-11-4-5/h5,11H,1-4H2. The van der Waals surface area contributed by atoms with Gasteiger partial charge >= 0.3 is 0 Å². The Morgan fingerprint density at radius 3 is 2.43 bits per heavy atom. The van der Waals surface area contributed by atoms with Crippen molar-refractivity contribution in [2.75, 3.05) is 13.1 Å². The Kier molecular flexibility index (Phi) is 3.46. The van der Waals surface area contributed by atoms with Crippen molar-refractivity contribution in [3.63, 3.8) is 0 Å². The van der Waals surface area contributed by atoms with Crippen molar-refractivity contribution in [1.82, 2.24) is 20.3 Å². The van der Waals surface area contributed by atoms with E-state index in [0.717, 1.165) is 25.3 Å². The molecule has 0 bridgehead atoms. The number of rotatable bonds is 1. The molecule has 14 heavy (non-hydrogen) atoms. The molecule has 0 aromatic carbocycles. The van der Waals surface area contributed by atoms with Crippen LogP contribution in [0.4, 0.5) is 0 Å². The Labute approximate surface area is 99.2 Å². The van der Waals surface area contributed by atoms with E-state index in [1.807, 2.05) is 0 Å². The highest BCUT2D eigenvalue weighted by atomic mass is 79.9. The molecule has 0 radical (unpaired) electrons. The van der Waals surface area contributed by atoms with E-state index in [0.29, 0.717) is 15.4 Å². The summed E-state index contributed by atoms with van der Waals surface area (Å²) < 4.78 is 1.19. The average molecular weight is 322 g/mol. The number of piperidine rings is 1. The summed E-state index contributed by atoms with van der Waals surface area (Å²) in [5.74, 6) is 1.28. The lowest BCUT2D eigenvalue weighted by molar-refractivity contribution is 0.444. The maximum absolute atomic E-state index is 4.28. The molecule has 2 rings (SSSR count). The molecule has 1 saturated heterocycles. The molecule has 0 spiro atoms. The summed E-state index contributed by atoms with van der Waals surface area (Å²) in [5.41, 5.74) is 0. The molecular formula is C8H10Br2N4. The minimum atomic E-state index is 0.416. The van der Waals surface area contributed by atoms with Gasteiger partial charge in [0.05, 0.1) is 0 Å². The quantitative estimate of drug-likeness (QED) is 0.858. The number of nitrogens with zero attached hydrogens (tertiary/aromatic N) is 3. The molecule has 1 aliphatic rings. The predicted molar refractivity (Wildman–Crippen MR) is 60.1 cm³/mol. The van der Waals surface area contributed by atoms with Crippen molar-refractivity contribution in [2.24, 2.45) is 0 Å². The first-order valence-electron chi connectivity index (χ1n) is 4.53. The highest BCUT2D eigenvalue weighted by Crippen LogP contribution is 2.21. The minimum Gasteiger partial charge on any atom is -0.316 e. The smallest absolute Gasteiger partial charge is 0.200 e. The molecule has 1 unspecified atom stereocenters. The SMILES string of the molecule is Brc1nc(Br)nc(C2CCCNC2)n1. The molecule has 1 aromatic rings. The highest BCUT2D eigenvalue weighted by Gasteiger charge is 2.18. The molecule has 76 valence electrons. The third kappa shape index (κ3) is 2.49. The number of hydrogen-bond donors (Lipinski definition) is 1. The summed E-state index contributed by atoms with van der Waals surface area (Å²) in [6.45, 7) is 2.06. The second-order valence-corrected chi connectivity index (χ2v) is 4.69. The summed E-state index contributed by atoms with van der Waals surface area (Å²) in [6, 6.07) is 0. The topological polar surface area (TPSA) is 50.7 Å². The van der Waals surface area contributed by atoms with E-state index in [1.165, 1.54) is 6.42 Å². The Balaban J connectivity index is 2.21. The molecular weight excluding hydrogens is 312 g/mol. The van der Waals surface area contributed by atoms with Gasteiger partial charge in [-0.25, -0.2) is 9.97 Å². The van der Waals surface area contributed by atoms with Gasteiger partial charge in [-0.05, 0) is 51.2 Å². The van der Waals surface area contributed by atoms with Gasteiger partial charge in [-0.2, -0.15) is 4.98 Å². The maximum atomic E-state index is 4.28. The molecule has 1 N–H and O–H groups in total. The summed E-state index contributed by atoms with van der Waals surface area (Å²) >= 11 is 6.53. The van der Waals surface area contributed by atoms with E-state index in [4.69, 9.17) is 0 Å². The van der Waals surface area contributed by atoms with Gasteiger partial charge in [0.1, 0.15) is 5.82 Å². The van der Waals surface area contributed by atoms with Gasteiger partial charge in [0.2, 0.25) is 9.47 Å². The summed E-state index contributed by atoms with van der Waals surface area (Å²) in [5, 5.41) is 3.34. The van der Waals surface area contributed by atoms with Gasteiger partial charge in [-0.15, -0.1) is 0 Å². The van der Waals surface area contributed by atoms with Crippen LogP contribution < -0.4 is 5.32 Å². The van der Waals surface area contributed by atoms with Crippen LogP contribution in [0.2, 0.25) is 0 Å². The molecule has 2 heterocycles. The fourth-order valence-electron chi connectivity index (χ4n) is 1.59. The zero-order chi connectivity index (χ0) is 9.97. The maximum Gasteiger partial charge on any atom is 0.200 e. The van der Waals surface area contributed by atoms with Gasteiger partial charge < -0.3 is 5.32 Å². The largest absolute Gasteiger partial charge is 0.316 e. The zero-order valence-corrected chi connectivity index (χ0v) is 10.7. The van der Waals surface area contributed by atoms with E-state index in [9.17, 15) is 0 Å². The Hall–Kier alpha value is -0.0700. The first-order chi connectivity index (χ1) is 6.75. The number of hydrogen-bond acceptors (Lipinski definition) is 4. The second kappa shape index (κ2) is 4.63. The number of halogens is 2. The molecule has 1 aromatic heterocycles. The van der Waals surface area contributed by atoms with Crippen LogP contribution in [-0.2, 0) is 0 Å². The van der Waals surface area contributed by atoms with E-state index in [-0.39, 0.29) is 0 Å². The lowest BCUT2D eigenvalue weighted by Crippen LogP contribution is -2.29. The highest BCUT2D eigenvalue weighted by molar-refractivity contribution is 9.11. The van der Waals surface area contributed by atoms with Gasteiger partial charge in [-0.3, -0.25) is 0 Å². The summed E-state index contributed by atoms with van der Waals surface area (Å²) in [7, 11) is 0. The van der Waals surface area contributed by atoms with E-state index in [2.05, 4.69) is 52.1 Å². The van der Waals surface area contributed by atoms with Crippen LogP contribution in [-0.4, -0.2) is 28.0 Å². The monoisotopic (exact) mass is 320 g/mol. The van der Waals surface area contributed by atoms with Crippen LogP contribution in [0.1, 0.15) is 24.6 Å². The first kappa shape index (κ1) is 10.4. The van der Waals surface area contributed by atoms with E-state index in [1.54, 1.807) is 0 Å². The molecule has 0 saturated carbocycles. The summed E-state index contributed by atoms with van der Waals surface area (Å²) in [4.78, 5) is 12.6. The molecule has 1 aliphatic heterocycles. The van der Waals surface area contributed by atoms with E-state index < -0.39 is 0 Å². The average Bonchev–Trinajstić information content (AvgIpc) is 2.18. The molecule has 0 amide bonds. The van der Waals surface area contributed by atoms with Crippen LogP contribution in [0.3, 0.4) is 0 Å². The fourth-order valence-corrected chi connectivity index (χ4v) is 2.53. The van der Waals surface area contributed by atoms with Gasteiger partial charge in [0.25, 0.3) is 0 Å². The fraction of sp³-hybridized carbons (Fsp3) is 0.625. The van der Waals surface area contributed by atoms with Crippen molar-refractivity contribution in [3.8, 4) is 0 Å². The Morgan fingerprint density at radius 2 is 1.86 bits per heavy atom. The number of aromatic nitrogens is 3. The van der Waals surface area contributed by atoms with Crippen molar-refractivity contribution in [2.45, 2.75) is 18.8 Å².